The molecular weight excluding hydrogens is 220 g/mol. The van der Waals surface area contributed by atoms with Crippen LogP contribution in [0.15, 0.2) is 24.3 Å². The molecular formula is C16H28N2. The molecule has 0 aliphatic carbocycles. The summed E-state index contributed by atoms with van der Waals surface area (Å²) in [7, 11) is 0. The highest BCUT2D eigenvalue weighted by Gasteiger charge is 2.12. The van der Waals surface area contributed by atoms with Gasteiger partial charge < -0.3 is 10.6 Å². The molecule has 1 aromatic rings. The van der Waals surface area contributed by atoms with Gasteiger partial charge in [-0.15, -0.1) is 0 Å². The van der Waals surface area contributed by atoms with Crippen LogP contribution in [-0.4, -0.2) is 24.5 Å². The average molecular weight is 248 g/mol. The van der Waals surface area contributed by atoms with E-state index in [1.807, 2.05) is 0 Å². The highest BCUT2D eigenvalue weighted by Crippen LogP contribution is 2.14. The van der Waals surface area contributed by atoms with Crippen molar-refractivity contribution in [2.45, 2.75) is 40.2 Å². The Kier molecular flexibility index (Phi) is 6.37. The monoisotopic (exact) mass is 248 g/mol. The van der Waals surface area contributed by atoms with Gasteiger partial charge >= 0.3 is 0 Å². The zero-order chi connectivity index (χ0) is 13.5. The summed E-state index contributed by atoms with van der Waals surface area (Å²) in [5.74, 6) is 0.694. The Morgan fingerprint density at radius 1 is 1.06 bits per heavy atom. The first-order chi connectivity index (χ1) is 8.56. The summed E-state index contributed by atoms with van der Waals surface area (Å²) in [6.07, 6.45) is 1.09. The lowest BCUT2D eigenvalue weighted by molar-refractivity contribution is 0.242. The number of hydrogen-bond acceptors (Lipinski definition) is 2. The van der Waals surface area contributed by atoms with Crippen molar-refractivity contribution in [3.8, 4) is 0 Å². The van der Waals surface area contributed by atoms with Crippen molar-refractivity contribution >= 4 is 0 Å². The Bertz CT molecular complexity index is 329. The molecule has 1 aromatic carbocycles. The second-order valence-corrected chi connectivity index (χ2v) is 5.45. The van der Waals surface area contributed by atoms with Gasteiger partial charge in [0.2, 0.25) is 0 Å². The van der Waals surface area contributed by atoms with Crippen molar-refractivity contribution in [3.63, 3.8) is 0 Å². The summed E-state index contributed by atoms with van der Waals surface area (Å²) < 4.78 is 0. The first-order valence-corrected chi connectivity index (χ1v) is 7.13. The molecule has 1 unspecified atom stereocenters. The molecule has 18 heavy (non-hydrogen) atoms. The van der Waals surface area contributed by atoms with Crippen molar-refractivity contribution in [1.29, 1.82) is 0 Å². The van der Waals surface area contributed by atoms with Gasteiger partial charge in [-0.25, -0.2) is 0 Å². The van der Waals surface area contributed by atoms with Crippen LogP contribution in [-0.2, 0) is 6.42 Å². The molecule has 1 atom stereocenters. The molecule has 0 bridgehead atoms. The summed E-state index contributed by atoms with van der Waals surface area (Å²) in [6, 6.07) is 8.84. The first kappa shape index (κ1) is 15.2. The number of nitrogens with zero attached hydrogens (tertiary/aromatic N) is 1. The van der Waals surface area contributed by atoms with E-state index in [0.717, 1.165) is 26.1 Å². The van der Waals surface area contributed by atoms with Crippen LogP contribution in [0.2, 0.25) is 0 Å². The number of aryl methyl sites for hydroxylation is 1. The van der Waals surface area contributed by atoms with E-state index in [0.29, 0.717) is 5.92 Å². The minimum absolute atomic E-state index is 0.120. The van der Waals surface area contributed by atoms with Crippen LogP contribution in [0.25, 0.3) is 0 Å². The Balaban J connectivity index is 2.59. The van der Waals surface area contributed by atoms with Crippen LogP contribution in [0.5, 0.6) is 0 Å². The summed E-state index contributed by atoms with van der Waals surface area (Å²) >= 11 is 0. The van der Waals surface area contributed by atoms with Gasteiger partial charge in [0.25, 0.3) is 0 Å². The number of rotatable bonds is 7. The number of hydrogen-bond donors (Lipinski definition) is 1. The predicted octanol–water partition coefficient (Wildman–Crippen LogP) is 3.23. The smallest absolute Gasteiger partial charge is 0.0424 e. The van der Waals surface area contributed by atoms with Crippen molar-refractivity contribution in [3.05, 3.63) is 35.4 Å². The molecule has 0 saturated heterocycles. The summed E-state index contributed by atoms with van der Waals surface area (Å²) in [5, 5.41) is 0. The largest absolute Gasteiger partial charge is 0.323 e. The van der Waals surface area contributed by atoms with Crippen LogP contribution in [0, 0.1) is 5.92 Å². The standard InChI is InChI=1S/C16H28N2/c1-5-14-7-9-15(10-8-14)16(17)12-18(6-2)11-13(3)4/h7-10,13,16H,5-6,11-12,17H2,1-4H3. The average Bonchev–Trinajstić information content (AvgIpc) is 2.37. The summed E-state index contributed by atoms with van der Waals surface area (Å²) in [4.78, 5) is 2.43. The Hall–Kier alpha value is -0.860. The molecule has 0 fully saturated rings. The van der Waals surface area contributed by atoms with E-state index in [-0.39, 0.29) is 6.04 Å². The molecule has 2 heteroatoms. The van der Waals surface area contributed by atoms with E-state index in [1.54, 1.807) is 0 Å². The number of nitrogens with two attached hydrogens (primary N) is 1. The second-order valence-electron chi connectivity index (χ2n) is 5.45. The topological polar surface area (TPSA) is 29.3 Å². The maximum absolute atomic E-state index is 6.30. The van der Waals surface area contributed by atoms with Gasteiger partial charge in [-0.05, 0) is 30.0 Å². The van der Waals surface area contributed by atoms with E-state index >= 15 is 0 Å². The molecule has 0 saturated carbocycles. The van der Waals surface area contributed by atoms with E-state index in [2.05, 4.69) is 56.9 Å². The Morgan fingerprint density at radius 3 is 2.11 bits per heavy atom. The zero-order valence-electron chi connectivity index (χ0n) is 12.3. The number of likely N-dealkylation sites (N-methyl/N-ethyl adjacent to an activating group) is 1. The third kappa shape index (κ3) is 4.79. The quantitative estimate of drug-likeness (QED) is 0.802. The predicted molar refractivity (Wildman–Crippen MR) is 79.7 cm³/mol. The van der Waals surface area contributed by atoms with Crippen LogP contribution < -0.4 is 5.73 Å². The van der Waals surface area contributed by atoms with Gasteiger partial charge in [0.05, 0.1) is 0 Å². The Morgan fingerprint density at radius 2 is 1.67 bits per heavy atom. The van der Waals surface area contributed by atoms with Gasteiger partial charge in [0.15, 0.2) is 0 Å². The molecule has 0 heterocycles. The van der Waals surface area contributed by atoms with Gasteiger partial charge in [0, 0.05) is 19.1 Å². The van der Waals surface area contributed by atoms with Gasteiger partial charge in [-0.1, -0.05) is 52.0 Å². The number of benzene rings is 1. The fraction of sp³-hybridized carbons (Fsp3) is 0.625. The van der Waals surface area contributed by atoms with Crippen LogP contribution in [0.1, 0.15) is 44.9 Å². The molecule has 0 aliphatic heterocycles. The highest BCUT2D eigenvalue weighted by atomic mass is 15.1. The molecule has 1 rings (SSSR count). The van der Waals surface area contributed by atoms with Crippen molar-refractivity contribution in [2.24, 2.45) is 11.7 Å². The summed E-state index contributed by atoms with van der Waals surface area (Å²) in [5.41, 5.74) is 8.92. The van der Waals surface area contributed by atoms with Crippen molar-refractivity contribution in [1.82, 2.24) is 4.90 Å². The van der Waals surface area contributed by atoms with Gasteiger partial charge in [0.1, 0.15) is 0 Å². The van der Waals surface area contributed by atoms with E-state index in [9.17, 15) is 0 Å². The molecule has 0 aliphatic rings. The lowest BCUT2D eigenvalue weighted by Crippen LogP contribution is -2.34. The van der Waals surface area contributed by atoms with E-state index < -0.39 is 0 Å². The Labute approximate surface area is 112 Å². The minimum atomic E-state index is 0.120. The maximum atomic E-state index is 6.30. The zero-order valence-corrected chi connectivity index (χ0v) is 12.3. The fourth-order valence-electron chi connectivity index (χ4n) is 2.23. The van der Waals surface area contributed by atoms with E-state index in [4.69, 9.17) is 5.73 Å². The van der Waals surface area contributed by atoms with Crippen molar-refractivity contribution < 1.29 is 0 Å². The van der Waals surface area contributed by atoms with Crippen LogP contribution >= 0.6 is 0 Å². The van der Waals surface area contributed by atoms with Gasteiger partial charge in [-0.3, -0.25) is 0 Å². The minimum Gasteiger partial charge on any atom is -0.323 e. The second kappa shape index (κ2) is 7.55. The van der Waals surface area contributed by atoms with Crippen LogP contribution in [0.3, 0.4) is 0 Å². The van der Waals surface area contributed by atoms with E-state index in [1.165, 1.54) is 11.1 Å². The maximum Gasteiger partial charge on any atom is 0.0424 e. The molecule has 0 amide bonds. The molecule has 102 valence electrons. The fourth-order valence-corrected chi connectivity index (χ4v) is 2.23. The third-order valence-corrected chi connectivity index (χ3v) is 3.34. The lowest BCUT2D eigenvalue weighted by Gasteiger charge is -2.26. The summed E-state index contributed by atoms with van der Waals surface area (Å²) in [6.45, 7) is 12.0. The van der Waals surface area contributed by atoms with Gasteiger partial charge in [-0.2, -0.15) is 0 Å². The first-order valence-electron chi connectivity index (χ1n) is 7.13. The molecule has 0 aromatic heterocycles. The molecule has 2 nitrogen and oxygen atoms in total. The SMILES string of the molecule is CCc1ccc(C(N)CN(CC)CC(C)C)cc1. The lowest BCUT2D eigenvalue weighted by atomic mass is 10.0. The van der Waals surface area contributed by atoms with Crippen molar-refractivity contribution in [2.75, 3.05) is 19.6 Å². The van der Waals surface area contributed by atoms with Crippen LogP contribution in [0.4, 0.5) is 0 Å². The molecule has 0 radical (unpaired) electrons. The molecule has 0 spiro atoms. The normalized spacial score (nSPS) is 13.3. The highest BCUT2D eigenvalue weighted by molar-refractivity contribution is 5.25. The molecule has 2 N–H and O–H groups in total. The third-order valence-electron chi connectivity index (χ3n) is 3.34.